The molecule has 3 N–H and O–H groups in total. The van der Waals surface area contributed by atoms with Gasteiger partial charge in [-0.05, 0) is 24.6 Å². The second kappa shape index (κ2) is 13.4. The Kier molecular flexibility index (Phi) is 10.0. The largest absolute Gasteiger partial charge is 0.462 e. The number of ketones is 1. The first-order valence-corrected chi connectivity index (χ1v) is 16.6. The Morgan fingerprint density at radius 2 is 1.47 bits per heavy atom. The van der Waals surface area contributed by atoms with Crippen LogP contribution in [0.5, 0.6) is 0 Å². The minimum atomic E-state index is -2.61. The molecule has 51 heavy (non-hydrogen) atoms. The molecule has 0 radical (unpaired) electrons. The van der Waals surface area contributed by atoms with Crippen molar-refractivity contribution in [3.05, 3.63) is 48.0 Å². The van der Waals surface area contributed by atoms with Crippen LogP contribution in [-0.2, 0) is 52.4 Å². The number of rotatable bonds is 8. The average Bonchev–Trinajstić information content (AvgIpc) is 3.21. The highest BCUT2D eigenvalue weighted by Gasteiger charge is 2.85. The number of aliphatic hydroxyl groups is 3. The molecule has 4 aliphatic rings. The van der Waals surface area contributed by atoms with E-state index in [2.05, 4.69) is 6.58 Å². The van der Waals surface area contributed by atoms with Crippen LogP contribution in [0.1, 0.15) is 58.3 Å². The van der Waals surface area contributed by atoms with E-state index in [4.69, 9.17) is 28.4 Å². The minimum Gasteiger partial charge on any atom is -0.462 e. The van der Waals surface area contributed by atoms with E-state index in [-0.39, 0.29) is 11.1 Å². The highest BCUT2D eigenvalue weighted by Crippen LogP contribution is 2.68. The molecule has 1 aliphatic heterocycles. The van der Waals surface area contributed by atoms with Crippen LogP contribution in [0.25, 0.3) is 0 Å². The van der Waals surface area contributed by atoms with Crippen molar-refractivity contribution in [1.82, 2.24) is 0 Å². The number of Topliss-reactive ketones (excluding diaryl/α,β-unsaturated/α-hetero) is 1. The molecular weight excluding hydrogens is 672 g/mol. The number of carbonyl (C=O) groups is 6. The van der Waals surface area contributed by atoms with Gasteiger partial charge in [0.1, 0.15) is 24.4 Å². The number of benzene rings is 1. The third kappa shape index (κ3) is 5.65. The number of aliphatic hydroxyl groups excluding tert-OH is 2. The Hall–Kier alpha value is -4.18. The van der Waals surface area contributed by atoms with Crippen LogP contribution >= 0.6 is 0 Å². The second-order valence-corrected chi connectivity index (χ2v) is 14.3. The smallest absolute Gasteiger partial charge is 0.338 e. The van der Waals surface area contributed by atoms with Crippen LogP contribution in [0.2, 0.25) is 0 Å². The van der Waals surface area contributed by atoms with Gasteiger partial charge in [-0.25, -0.2) is 4.79 Å². The van der Waals surface area contributed by atoms with Crippen LogP contribution in [0.4, 0.5) is 0 Å². The molecule has 278 valence electrons. The Labute approximate surface area is 294 Å². The lowest BCUT2D eigenvalue weighted by atomic mass is 9.41. The summed E-state index contributed by atoms with van der Waals surface area (Å²) in [6, 6.07) is 7.78. The van der Waals surface area contributed by atoms with E-state index in [1.54, 1.807) is 18.2 Å². The molecule has 5 rings (SSSR count). The number of ether oxygens (including phenoxy) is 6. The summed E-state index contributed by atoms with van der Waals surface area (Å²) in [6.07, 6.45) is -9.11. The van der Waals surface area contributed by atoms with Crippen LogP contribution in [0.3, 0.4) is 0 Å². The summed E-state index contributed by atoms with van der Waals surface area (Å²) >= 11 is 0. The average molecular weight is 717 g/mol. The molecule has 0 amide bonds. The van der Waals surface area contributed by atoms with Crippen molar-refractivity contribution in [2.24, 2.45) is 28.6 Å². The van der Waals surface area contributed by atoms with Crippen molar-refractivity contribution in [2.45, 2.75) is 89.7 Å². The summed E-state index contributed by atoms with van der Waals surface area (Å²) in [6.45, 7) is 9.05. The topological polar surface area (TPSA) is 218 Å². The van der Waals surface area contributed by atoms with Crippen LogP contribution in [0, 0.1) is 28.6 Å². The molecule has 1 heterocycles. The van der Waals surface area contributed by atoms with E-state index in [1.165, 1.54) is 26.0 Å². The zero-order valence-corrected chi connectivity index (χ0v) is 29.3. The van der Waals surface area contributed by atoms with Crippen molar-refractivity contribution in [1.29, 1.82) is 0 Å². The van der Waals surface area contributed by atoms with Gasteiger partial charge in [0.05, 0.1) is 36.2 Å². The van der Waals surface area contributed by atoms with E-state index in [9.17, 15) is 44.1 Å². The van der Waals surface area contributed by atoms with Gasteiger partial charge in [-0.3, -0.25) is 24.0 Å². The molecule has 15 heteroatoms. The zero-order valence-electron chi connectivity index (χ0n) is 29.3. The molecule has 1 aromatic carbocycles. The number of hydrogen-bond donors (Lipinski definition) is 3. The third-order valence-corrected chi connectivity index (χ3v) is 11.4. The molecule has 15 nitrogen and oxygen atoms in total. The van der Waals surface area contributed by atoms with Crippen molar-refractivity contribution >= 4 is 35.6 Å². The lowest BCUT2D eigenvalue weighted by Gasteiger charge is -2.66. The maximum absolute atomic E-state index is 14.5. The number of carbonyl (C=O) groups excluding carboxylic acids is 6. The van der Waals surface area contributed by atoms with Gasteiger partial charge in [-0.2, -0.15) is 0 Å². The fourth-order valence-corrected chi connectivity index (χ4v) is 9.41. The van der Waals surface area contributed by atoms with E-state index in [1.807, 2.05) is 0 Å². The van der Waals surface area contributed by atoms with Crippen LogP contribution < -0.4 is 0 Å². The third-order valence-electron chi connectivity index (χ3n) is 11.4. The molecule has 0 aromatic heterocycles. The zero-order chi connectivity index (χ0) is 37.8. The quantitative estimate of drug-likeness (QED) is 0.193. The normalized spacial score (nSPS) is 39.8. The van der Waals surface area contributed by atoms with Gasteiger partial charge in [-0.1, -0.05) is 31.7 Å². The summed E-state index contributed by atoms with van der Waals surface area (Å²) in [7, 11) is 0. The van der Waals surface area contributed by atoms with Gasteiger partial charge in [0, 0.05) is 51.4 Å². The predicted molar refractivity (Wildman–Crippen MR) is 171 cm³/mol. The van der Waals surface area contributed by atoms with Gasteiger partial charge in [0.15, 0.2) is 23.6 Å². The van der Waals surface area contributed by atoms with Crippen molar-refractivity contribution in [3.8, 4) is 0 Å². The minimum absolute atomic E-state index is 0.0652. The maximum atomic E-state index is 14.5. The lowest BCUT2D eigenvalue weighted by Crippen LogP contribution is -2.82. The van der Waals surface area contributed by atoms with Gasteiger partial charge in [0.25, 0.3) is 0 Å². The first-order valence-electron chi connectivity index (χ1n) is 16.6. The second-order valence-electron chi connectivity index (χ2n) is 14.3. The standard InChI is InChI=1S/C36H44O15/c1-17-24(42)13-25(48-18(2)38)35(16-46-32(44)22-11-9-8-10-12-22)26(17)28(49-19(3)39)27-23(14-37)29(43)34(7)36(45,33(27,6)15-47-34)31(51-21(5)41)30(35)50-20(4)40/h8-12,23-28,30-31,37,42,45H,1,13-16H2,2-7H3/t23-,24+,25+,26+,27+,28+,30+,31+,33+,34-,35-,36+/m1/s1. The number of esters is 5. The molecule has 4 bridgehead atoms. The molecule has 12 atom stereocenters. The molecule has 0 unspecified atom stereocenters. The van der Waals surface area contributed by atoms with Gasteiger partial charge in [0.2, 0.25) is 0 Å². The monoisotopic (exact) mass is 716 g/mol. The van der Waals surface area contributed by atoms with E-state index >= 15 is 0 Å². The van der Waals surface area contributed by atoms with Crippen molar-refractivity contribution < 1.29 is 72.5 Å². The molecule has 0 spiro atoms. The van der Waals surface area contributed by atoms with E-state index in [0.29, 0.717) is 0 Å². The molecule has 4 fully saturated rings. The summed E-state index contributed by atoms with van der Waals surface area (Å²) in [4.78, 5) is 80.2. The fourth-order valence-electron chi connectivity index (χ4n) is 9.41. The van der Waals surface area contributed by atoms with E-state index in [0.717, 1.165) is 27.7 Å². The van der Waals surface area contributed by atoms with Crippen LogP contribution in [0.15, 0.2) is 42.5 Å². The Morgan fingerprint density at radius 1 is 0.902 bits per heavy atom. The van der Waals surface area contributed by atoms with Gasteiger partial charge >= 0.3 is 29.8 Å². The first kappa shape index (κ1) is 38.1. The Balaban J connectivity index is 1.95. The van der Waals surface area contributed by atoms with E-state index < -0.39 is 132 Å². The summed E-state index contributed by atoms with van der Waals surface area (Å²) in [5.41, 5.74) is -8.71. The van der Waals surface area contributed by atoms with Crippen molar-refractivity contribution in [2.75, 3.05) is 19.8 Å². The van der Waals surface area contributed by atoms with Crippen LogP contribution in [-0.4, -0.2) is 112 Å². The number of hydrogen-bond acceptors (Lipinski definition) is 15. The molecule has 1 aromatic rings. The molecular formula is C36H44O15. The highest BCUT2D eigenvalue weighted by molar-refractivity contribution is 5.94. The van der Waals surface area contributed by atoms with Gasteiger partial charge in [-0.15, -0.1) is 0 Å². The summed E-state index contributed by atoms with van der Waals surface area (Å²) < 4.78 is 35.9. The predicted octanol–water partition coefficient (Wildman–Crippen LogP) is 0.841. The van der Waals surface area contributed by atoms with Gasteiger partial charge < -0.3 is 43.7 Å². The lowest BCUT2D eigenvalue weighted by molar-refractivity contribution is -0.308. The molecule has 3 saturated carbocycles. The first-order chi connectivity index (χ1) is 23.8. The highest BCUT2D eigenvalue weighted by atomic mass is 16.6. The number of fused-ring (bicyclic) bond motifs is 1. The molecule has 3 aliphatic carbocycles. The Bertz CT molecular complexity index is 1620. The maximum Gasteiger partial charge on any atom is 0.338 e. The summed E-state index contributed by atoms with van der Waals surface area (Å²) in [5.74, 6) is -9.76. The molecule has 1 saturated heterocycles. The SMILES string of the molecule is C=C1[C@@H](O)C[C@H](OC(C)=O)[C@@]2(COC(=O)c3ccccc3)[C@@H](OC(C)=O)[C@H](OC(C)=O)[C@]3(O)[C@@]4(C)CO[C@]3(C)C(=O)[C@H](CO)[C@H]4[C@@H](OC(C)=O)[C@H]12. The summed E-state index contributed by atoms with van der Waals surface area (Å²) in [5, 5.41) is 35.6. The fraction of sp³-hybridized carbons (Fsp3) is 0.611. The van der Waals surface area contributed by atoms with Crippen molar-refractivity contribution in [3.63, 3.8) is 0 Å². The Morgan fingerprint density at radius 3 is 2.02 bits per heavy atom.